The molecule has 3 heteroatoms. The van der Waals surface area contributed by atoms with Gasteiger partial charge in [-0.25, -0.2) is 0 Å². The van der Waals surface area contributed by atoms with Crippen LogP contribution in [0.4, 0.5) is 0 Å². The number of fused-ring (bicyclic) bond motifs is 1. The summed E-state index contributed by atoms with van der Waals surface area (Å²) in [5.41, 5.74) is 4.19. The molecule has 0 N–H and O–H groups in total. The lowest BCUT2D eigenvalue weighted by Gasteiger charge is -2.12. The van der Waals surface area contributed by atoms with Gasteiger partial charge in [0.2, 0.25) is 0 Å². The van der Waals surface area contributed by atoms with Crippen molar-refractivity contribution in [2.24, 2.45) is 0 Å². The molecule has 1 aromatic heterocycles. The molecule has 2 rings (SSSR count). The van der Waals surface area contributed by atoms with Crippen LogP contribution in [0, 0.1) is 13.8 Å². The van der Waals surface area contributed by atoms with E-state index in [0.717, 1.165) is 44.9 Å². The van der Waals surface area contributed by atoms with Crippen LogP contribution in [0.2, 0.25) is 5.02 Å². The Hall–Kier alpha value is -1.28. The van der Waals surface area contributed by atoms with Crippen LogP contribution in [0.5, 0.6) is 5.75 Å². The van der Waals surface area contributed by atoms with Crippen molar-refractivity contribution in [3.05, 3.63) is 34.0 Å². The third-order valence-electron chi connectivity index (χ3n) is 3.09. The fourth-order valence-corrected chi connectivity index (χ4v) is 2.32. The molecule has 0 aliphatic rings. The van der Waals surface area contributed by atoms with Crippen LogP contribution in [0.15, 0.2) is 12.1 Å². The molecule has 1 heterocycles. The summed E-state index contributed by atoms with van der Waals surface area (Å²) in [5.74, 6) is 0.822. The predicted octanol–water partition coefficient (Wildman–Crippen LogP) is 4.08. The Morgan fingerprint density at radius 3 is 2.59 bits per heavy atom. The molecule has 90 valence electrons. The van der Waals surface area contributed by atoms with Gasteiger partial charge in [-0.3, -0.25) is 4.98 Å². The summed E-state index contributed by atoms with van der Waals surface area (Å²) < 4.78 is 5.27. The molecule has 0 fully saturated rings. The molecule has 0 unspecified atom stereocenters. The maximum Gasteiger partial charge on any atom is 0.119 e. The van der Waals surface area contributed by atoms with E-state index in [1.165, 1.54) is 0 Å². The zero-order chi connectivity index (χ0) is 12.6. The van der Waals surface area contributed by atoms with Gasteiger partial charge in [-0.15, -0.1) is 0 Å². The number of hydrogen-bond acceptors (Lipinski definition) is 2. The summed E-state index contributed by atoms with van der Waals surface area (Å²) in [5, 5.41) is 1.76. The molecule has 0 amide bonds. The monoisotopic (exact) mass is 249 g/mol. The molecule has 17 heavy (non-hydrogen) atoms. The van der Waals surface area contributed by atoms with E-state index in [1.807, 2.05) is 26.0 Å². The first-order valence-electron chi connectivity index (χ1n) is 5.71. The molecule has 0 aliphatic carbocycles. The summed E-state index contributed by atoms with van der Waals surface area (Å²) in [6, 6.07) is 3.94. The van der Waals surface area contributed by atoms with Gasteiger partial charge in [0.15, 0.2) is 0 Å². The Morgan fingerprint density at radius 2 is 2.00 bits per heavy atom. The van der Waals surface area contributed by atoms with Crippen LogP contribution in [-0.2, 0) is 6.42 Å². The van der Waals surface area contributed by atoms with Gasteiger partial charge in [-0.2, -0.15) is 0 Å². The van der Waals surface area contributed by atoms with E-state index in [-0.39, 0.29) is 0 Å². The van der Waals surface area contributed by atoms with E-state index in [4.69, 9.17) is 16.3 Å². The molecular formula is C14H16ClNO. The lowest BCUT2D eigenvalue weighted by atomic mass is 10.1. The zero-order valence-electron chi connectivity index (χ0n) is 10.6. The lowest BCUT2D eigenvalue weighted by molar-refractivity contribution is 0.415. The number of benzene rings is 1. The van der Waals surface area contributed by atoms with Crippen molar-refractivity contribution in [3.63, 3.8) is 0 Å². The highest BCUT2D eigenvalue weighted by atomic mass is 35.5. The molecule has 0 bridgehead atoms. The number of aromatic nitrogens is 1. The molecule has 2 aromatic rings. The standard InChI is InChI=1S/C14H16ClNO/c1-5-12-9(3)13(15)11-7-10(17-4)6-8(2)14(11)16-12/h6-7H,5H2,1-4H3. The first-order valence-corrected chi connectivity index (χ1v) is 6.09. The molecular weight excluding hydrogens is 234 g/mol. The van der Waals surface area contributed by atoms with Crippen molar-refractivity contribution in [2.45, 2.75) is 27.2 Å². The first kappa shape index (κ1) is 12.2. The van der Waals surface area contributed by atoms with Crippen molar-refractivity contribution in [2.75, 3.05) is 7.11 Å². The molecule has 0 radical (unpaired) electrons. The second kappa shape index (κ2) is 4.53. The van der Waals surface area contributed by atoms with Gasteiger partial charge in [0.1, 0.15) is 5.75 Å². The quantitative estimate of drug-likeness (QED) is 0.800. The smallest absolute Gasteiger partial charge is 0.119 e. The van der Waals surface area contributed by atoms with E-state index in [0.29, 0.717) is 0 Å². The number of methoxy groups -OCH3 is 1. The SMILES string of the molecule is CCc1nc2c(C)cc(OC)cc2c(Cl)c1C. The number of nitrogens with zero attached hydrogens (tertiary/aromatic N) is 1. The topological polar surface area (TPSA) is 22.1 Å². The van der Waals surface area contributed by atoms with Crippen molar-refractivity contribution in [1.29, 1.82) is 0 Å². The van der Waals surface area contributed by atoms with Gasteiger partial charge >= 0.3 is 0 Å². The molecule has 2 nitrogen and oxygen atoms in total. The van der Waals surface area contributed by atoms with E-state index >= 15 is 0 Å². The number of rotatable bonds is 2. The Morgan fingerprint density at radius 1 is 1.29 bits per heavy atom. The van der Waals surface area contributed by atoms with Gasteiger partial charge in [-0.1, -0.05) is 18.5 Å². The minimum absolute atomic E-state index is 0.786. The summed E-state index contributed by atoms with van der Waals surface area (Å²) in [6.45, 7) is 6.14. The summed E-state index contributed by atoms with van der Waals surface area (Å²) >= 11 is 6.42. The fourth-order valence-electron chi connectivity index (χ4n) is 2.07. The Labute approximate surface area is 107 Å². The van der Waals surface area contributed by atoms with E-state index in [2.05, 4.69) is 11.9 Å². The first-order chi connectivity index (χ1) is 8.08. The van der Waals surface area contributed by atoms with Gasteiger partial charge in [0.05, 0.1) is 17.6 Å². The van der Waals surface area contributed by atoms with Crippen LogP contribution in [0.25, 0.3) is 10.9 Å². The number of pyridine rings is 1. The minimum atomic E-state index is 0.786. The van der Waals surface area contributed by atoms with Gasteiger partial charge < -0.3 is 4.74 Å². The second-order valence-electron chi connectivity index (χ2n) is 4.19. The minimum Gasteiger partial charge on any atom is -0.497 e. The molecule has 0 aliphatic heterocycles. The van der Waals surface area contributed by atoms with Crippen LogP contribution in [0.3, 0.4) is 0 Å². The van der Waals surface area contributed by atoms with Crippen molar-refractivity contribution in [1.82, 2.24) is 4.98 Å². The number of ether oxygens (including phenoxy) is 1. The third-order valence-corrected chi connectivity index (χ3v) is 3.58. The van der Waals surface area contributed by atoms with Crippen molar-refractivity contribution in [3.8, 4) is 5.75 Å². The summed E-state index contributed by atoms with van der Waals surface area (Å²) in [7, 11) is 1.66. The lowest BCUT2D eigenvalue weighted by Crippen LogP contribution is -1.97. The van der Waals surface area contributed by atoms with Crippen LogP contribution in [-0.4, -0.2) is 12.1 Å². The highest BCUT2D eigenvalue weighted by Gasteiger charge is 2.12. The third kappa shape index (κ3) is 1.98. The van der Waals surface area contributed by atoms with Gasteiger partial charge in [0, 0.05) is 11.1 Å². The highest BCUT2D eigenvalue weighted by molar-refractivity contribution is 6.36. The van der Waals surface area contributed by atoms with Crippen LogP contribution >= 0.6 is 11.6 Å². The van der Waals surface area contributed by atoms with E-state index in [1.54, 1.807) is 7.11 Å². The van der Waals surface area contributed by atoms with Gasteiger partial charge in [-0.05, 0) is 43.5 Å². The summed E-state index contributed by atoms with van der Waals surface area (Å²) in [6.07, 6.45) is 0.896. The van der Waals surface area contributed by atoms with Gasteiger partial charge in [0.25, 0.3) is 0 Å². The second-order valence-corrected chi connectivity index (χ2v) is 4.57. The molecule has 1 aromatic carbocycles. The normalized spacial score (nSPS) is 10.9. The van der Waals surface area contributed by atoms with Crippen molar-refractivity contribution >= 4 is 22.5 Å². The maximum atomic E-state index is 6.42. The van der Waals surface area contributed by atoms with Crippen molar-refractivity contribution < 1.29 is 4.74 Å². The Bertz CT molecular complexity index is 578. The molecule has 0 spiro atoms. The largest absolute Gasteiger partial charge is 0.497 e. The number of aryl methyl sites for hydroxylation is 2. The number of halogens is 1. The maximum absolute atomic E-state index is 6.42. The number of hydrogen-bond donors (Lipinski definition) is 0. The predicted molar refractivity (Wildman–Crippen MR) is 72.2 cm³/mol. The molecule has 0 atom stereocenters. The van der Waals surface area contributed by atoms with E-state index < -0.39 is 0 Å². The molecule has 0 saturated carbocycles. The zero-order valence-corrected chi connectivity index (χ0v) is 11.4. The van der Waals surface area contributed by atoms with Crippen LogP contribution in [0.1, 0.15) is 23.7 Å². The van der Waals surface area contributed by atoms with E-state index in [9.17, 15) is 0 Å². The highest BCUT2D eigenvalue weighted by Crippen LogP contribution is 2.32. The fraction of sp³-hybridized carbons (Fsp3) is 0.357. The Kier molecular flexibility index (Phi) is 3.25. The van der Waals surface area contributed by atoms with Crippen LogP contribution < -0.4 is 4.74 Å². The summed E-state index contributed by atoms with van der Waals surface area (Å²) in [4.78, 5) is 4.69. The average Bonchev–Trinajstić information content (AvgIpc) is 2.34. The molecule has 0 saturated heterocycles. The average molecular weight is 250 g/mol. The Balaban J connectivity index is 2.86.